The van der Waals surface area contributed by atoms with Crippen molar-refractivity contribution >= 4 is 5.91 Å². The number of nitrogens with one attached hydrogen (secondary N) is 2. The smallest absolute Gasteiger partial charge is 0.240 e. The van der Waals surface area contributed by atoms with Crippen molar-refractivity contribution in [3.05, 3.63) is 0 Å². The third kappa shape index (κ3) is 1.11. The molecular formula is C8H14N2O2. The van der Waals surface area contributed by atoms with Crippen molar-refractivity contribution in [2.24, 2.45) is 0 Å². The van der Waals surface area contributed by atoms with E-state index in [0.29, 0.717) is 13.2 Å². The Labute approximate surface area is 71.7 Å². The molecule has 2 rings (SSSR count). The Hall–Kier alpha value is -0.610. The van der Waals surface area contributed by atoms with Crippen LogP contribution >= 0.6 is 0 Å². The van der Waals surface area contributed by atoms with Crippen molar-refractivity contribution in [3.63, 3.8) is 0 Å². The first-order valence-corrected chi connectivity index (χ1v) is 4.26. The van der Waals surface area contributed by atoms with Gasteiger partial charge in [-0.05, 0) is 13.8 Å². The van der Waals surface area contributed by atoms with Gasteiger partial charge in [-0.2, -0.15) is 0 Å². The van der Waals surface area contributed by atoms with Gasteiger partial charge in [-0.15, -0.1) is 0 Å². The summed E-state index contributed by atoms with van der Waals surface area (Å²) in [7, 11) is 0. The third-order valence-corrected chi connectivity index (χ3v) is 2.51. The average Bonchev–Trinajstić information content (AvgIpc) is 2.35. The van der Waals surface area contributed by atoms with Gasteiger partial charge in [-0.25, -0.2) is 0 Å². The topological polar surface area (TPSA) is 50.4 Å². The fourth-order valence-electron chi connectivity index (χ4n) is 1.72. The molecule has 0 aromatic rings. The molecule has 0 aromatic heterocycles. The summed E-state index contributed by atoms with van der Waals surface area (Å²) in [6.45, 7) is 5.11. The number of hydrogen-bond acceptors (Lipinski definition) is 3. The summed E-state index contributed by atoms with van der Waals surface area (Å²) in [6.07, 6.45) is 0. The van der Waals surface area contributed by atoms with E-state index in [0.717, 1.165) is 0 Å². The minimum absolute atomic E-state index is 0.0641. The number of piperazine rings is 1. The SMILES string of the molecule is CC1(C)N[C@@H]2COC[C@H]2NC1=O. The first kappa shape index (κ1) is 8.01. The van der Waals surface area contributed by atoms with Crippen LogP contribution in [-0.2, 0) is 9.53 Å². The van der Waals surface area contributed by atoms with Crippen LogP contribution in [0.2, 0.25) is 0 Å². The second kappa shape index (κ2) is 2.44. The van der Waals surface area contributed by atoms with E-state index in [9.17, 15) is 4.79 Å². The number of amides is 1. The quantitative estimate of drug-likeness (QED) is 0.503. The fraction of sp³-hybridized carbons (Fsp3) is 0.875. The molecule has 2 atom stereocenters. The Bertz CT molecular complexity index is 215. The Morgan fingerprint density at radius 3 is 2.83 bits per heavy atom. The van der Waals surface area contributed by atoms with Crippen molar-refractivity contribution in [2.75, 3.05) is 13.2 Å². The van der Waals surface area contributed by atoms with Crippen molar-refractivity contribution in [3.8, 4) is 0 Å². The molecule has 0 unspecified atom stereocenters. The van der Waals surface area contributed by atoms with E-state index in [-0.39, 0.29) is 18.0 Å². The van der Waals surface area contributed by atoms with Crippen LogP contribution in [0.25, 0.3) is 0 Å². The second-order valence-corrected chi connectivity index (χ2v) is 3.99. The van der Waals surface area contributed by atoms with E-state index in [1.54, 1.807) is 0 Å². The van der Waals surface area contributed by atoms with Crippen molar-refractivity contribution in [1.29, 1.82) is 0 Å². The zero-order chi connectivity index (χ0) is 8.77. The zero-order valence-corrected chi connectivity index (χ0v) is 7.39. The Morgan fingerprint density at radius 1 is 1.42 bits per heavy atom. The van der Waals surface area contributed by atoms with Gasteiger partial charge in [0.05, 0.1) is 30.8 Å². The Morgan fingerprint density at radius 2 is 2.08 bits per heavy atom. The molecule has 2 fully saturated rings. The maximum Gasteiger partial charge on any atom is 0.240 e. The second-order valence-electron chi connectivity index (χ2n) is 3.99. The minimum Gasteiger partial charge on any atom is -0.378 e. The average molecular weight is 170 g/mol. The van der Waals surface area contributed by atoms with Crippen LogP contribution in [0.3, 0.4) is 0 Å². The van der Waals surface area contributed by atoms with Crippen molar-refractivity contribution < 1.29 is 9.53 Å². The molecule has 2 aliphatic rings. The summed E-state index contributed by atoms with van der Waals surface area (Å²) in [6, 6.07) is 0.461. The highest BCUT2D eigenvalue weighted by molar-refractivity contribution is 5.86. The van der Waals surface area contributed by atoms with Crippen LogP contribution in [0.5, 0.6) is 0 Å². The molecule has 2 aliphatic heterocycles. The lowest BCUT2D eigenvalue weighted by atomic mass is 9.96. The normalized spacial score (nSPS) is 39.0. The third-order valence-electron chi connectivity index (χ3n) is 2.51. The van der Waals surface area contributed by atoms with Crippen molar-refractivity contribution in [2.45, 2.75) is 31.5 Å². The van der Waals surface area contributed by atoms with E-state index >= 15 is 0 Å². The monoisotopic (exact) mass is 170 g/mol. The van der Waals surface area contributed by atoms with Crippen molar-refractivity contribution in [1.82, 2.24) is 10.6 Å². The van der Waals surface area contributed by atoms with Crippen LogP contribution in [0, 0.1) is 0 Å². The number of ether oxygens (including phenoxy) is 1. The Kier molecular flexibility index (Phi) is 1.63. The predicted octanol–water partition coefficient (Wildman–Crippen LogP) is -0.748. The molecule has 4 nitrogen and oxygen atoms in total. The highest BCUT2D eigenvalue weighted by Crippen LogP contribution is 2.16. The summed E-state index contributed by atoms with van der Waals surface area (Å²) in [5.74, 6) is 0.0641. The largest absolute Gasteiger partial charge is 0.378 e. The lowest BCUT2D eigenvalue weighted by molar-refractivity contribution is -0.129. The summed E-state index contributed by atoms with van der Waals surface area (Å²) in [4.78, 5) is 11.4. The molecule has 68 valence electrons. The minimum atomic E-state index is -0.450. The zero-order valence-electron chi connectivity index (χ0n) is 7.39. The molecule has 0 bridgehead atoms. The molecule has 2 N–H and O–H groups in total. The number of carbonyl (C=O) groups is 1. The van der Waals surface area contributed by atoms with Gasteiger partial charge in [-0.1, -0.05) is 0 Å². The van der Waals surface area contributed by atoms with Gasteiger partial charge >= 0.3 is 0 Å². The molecule has 1 amide bonds. The summed E-state index contributed by atoms with van der Waals surface area (Å²) < 4.78 is 5.26. The molecule has 0 spiro atoms. The van der Waals surface area contributed by atoms with E-state index in [1.165, 1.54) is 0 Å². The highest BCUT2D eigenvalue weighted by Gasteiger charge is 2.42. The number of carbonyl (C=O) groups excluding carboxylic acids is 1. The summed E-state index contributed by atoms with van der Waals surface area (Å²) in [5, 5.41) is 6.21. The molecule has 0 aromatic carbocycles. The molecule has 0 aliphatic carbocycles. The van der Waals surface area contributed by atoms with Gasteiger partial charge in [0.1, 0.15) is 0 Å². The summed E-state index contributed by atoms with van der Waals surface area (Å²) in [5.41, 5.74) is -0.450. The molecule has 2 heterocycles. The molecular weight excluding hydrogens is 156 g/mol. The van der Waals surface area contributed by atoms with Gasteiger partial charge in [0, 0.05) is 0 Å². The van der Waals surface area contributed by atoms with Gasteiger partial charge < -0.3 is 10.1 Å². The first-order chi connectivity index (χ1) is 5.59. The molecule has 4 heteroatoms. The number of fused-ring (bicyclic) bond motifs is 1. The van der Waals surface area contributed by atoms with E-state index in [1.807, 2.05) is 13.8 Å². The fourth-order valence-corrected chi connectivity index (χ4v) is 1.72. The lowest BCUT2D eigenvalue weighted by Gasteiger charge is -2.37. The van der Waals surface area contributed by atoms with Gasteiger partial charge in [0.2, 0.25) is 5.91 Å². The number of hydrogen-bond donors (Lipinski definition) is 2. The molecule has 12 heavy (non-hydrogen) atoms. The van der Waals surface area contributed by atoms with Gasteiger partial charge in [0.25, 0.3) is 0 Å². The standard InChI is InChI=1S/C8H14N2O2/c1-8(2)7(11)9-5-3-12-4-6(5)10-8/h5-6,10H,3-4H2,1-2H3,(H,9,11)/t5-,6-/m1/s1. The maximum atomic E-state index is 11.4. The van der Waals surface area contributed by atoms with Crippen LogP contribution in [-0.4, -0.2) is 36.7 Å². The van der Waals surface area contributed by atoms with Gasteiger partial charge in [0.15, 0.2) is 0 Å². The van der Waals surface area contributed by atoms with Crippen LogP contribution in [0.4, 0.5) is 0 Å². The van der Waals surface area contributed by atoms with Crippen LogP contribution in [0.15, 0.2) is 0 Å². The van der Waals surface area contributed by atoms with E-state index < -0.39 is 5.54 Å². The van der Waals surface area contributed by atoms with Crippen LogP contribution in [0.1, 0.15) is 13.8 Å². The lowest BCUT2D eigenvalue weighted by Crippen LogP contribution is -2.68. The first-order valence-electron chi connectivity index (χ1n) is 4.26. The number of rotatable bonds is 0. The van der Waals surface area contributed by atoms with Crippen LogP contribution < -0.4 is 10.6 Å². The maximum absolute atomic E-state index is 11.4. The Balaban J connectivity index is 2.14. The highest BCUT2D eigenvalue weighted by atomic mass is 16.5. The molecule has 2 saturated heterocycles. The van der Waals surface area contributed by atoms with Gasteiger partial charge in [-0.3, -0.25) is 10.1 Å². The summed E-state index contributed by atoms with van der Waals surface area (Å²) >= 11 is 0. The van der Waals surface area contributed by atoms with E-state index in [4.69, 9.17) is 4.74 Å². The molecule has 0 radical (unpaired) electrons. The van der Waals surface area contributed by atoms with E-state index in [2.05, 4.69) is 10.6 Å². The molecule has 0 saturated carbocycles. The predicted molar refractivity (Wildman–Crippen MR) is 43.8 cm³/mol.